The molecule has 4 heteroatoms. The lowest BCUT2D eigenvalue weighted by molar-refractivity contribution is -0.135. The largest absolute Gasteiger partial charge is 0.481 e. The maximum atomic E-state index is 12.5. The van der Waals surface area contributed by atoms with Gasteiger partial charge in [0.15, 0.2) is 0 Å². The lowest BCUT2D eigenvalue weighted by Gasteiger charge is -1.91. The van der Waals surface area contributed by atoms with Crippen molar-refractivity contribution in [2.45, 2.75) is 6.42 Å². The lowest BCUT2D eigenvalue weighted by atomic mass is 10.3. The van der Waals surface area contributed by atoms with E-state index >= 15 is 0 Å². The van der Waals surface area contributed by atoms with Crippen LogP contribution >= 0.6 is 0 Å². The first-order chi connectivity index (χ1) is 6.18. The Hall–Kier alpha value is -1.71. The maximum Gasteiger partial charge on any atom is 0.307 e. The molecule has 1 rings (SSSR count). The van der Waals surface area contributed by atoms with Gasteiger partial charge in [-0.05, 0) is 18.2 Å². The van der Waals surface area contributed by atoms with Crippen molar-refractivity contribution in [3.05, 3.63) is 35.9 Å². The van der Waals surface area contributed by atoms with E-state index < -0.39 is 11.9 Å². The minimum Gasteiger partial charge on any atom is -0.481 e. The van der Waals surface area contributed by atoms with Crippen LogP contribution in [0.15, 0.2) is 24.3 Å². The Morgan fingerprint density at radius 3 is 3.00 bits per heavy atom. The molecule has 0 aliphatic rings. The Morgan fingerprint density at radius 2 is 2.38 bits per heavy atom. The van der Waals surface area contributed by atoms with Crippen molar-refractivity contribution in [2.75, 3.05) is 0 Å². The minimum atomic E-state index is -0.923. The zero-order valence-electron chi connectivity index (χ0n) is 6.77. The van der Waals surface area contributed by atoms with Crippen LogP contribution in [0.1, 0.15) is 12.1 Å². The van der Waals surface area contributed by atoms with Crippen LogP contribution in [0.5, 0.6) is 0 Å². The van der Waals surface area contributed by atoms with Crippen molar-refractivity contribution in [2.24, 2.45) is 0 Å². The Kier molecular flexibility index (Phi) is 3.14. The van der Waals surface area contributed by atoms with Gasteiger partial charge >= 0.3 is 5.97 Å². The number of hydrogen-bond acceptors (Lipinski definition) is 2. The molecule has 0 radical (unpaired) electrons. The van der Waals surface area contributed by atoms with Gasteiger partial charge in [0.1, 0.15) is 0 Å². The number of aromatic nitrogens is 1. The molecule has 0 aromatic carbocycles. The van der Waals surface area contributed by atoms with Crippen LogP contribution in [0.3, 0.4) is 0 Å². The van der Waals surface area contributed by atoms with Crippen molar-refractivity contribution in [3.63, 3.8) is 0 Å². The van der Waals surface area contributed by atoms with Crippen LogP contribution in [0.25, 0.3) is 6.08 Å². The van der Waals surface area contributed by atoms with E-state index in [2.05, 4.69) is 4.98 Å². The average Bonchev–Trinajstić information content (AvgIpc) is 2.03. The molecule has 0 saturated carbocycles. The molecule has 1 aromatic rings. The van der Waals surface area contributed by atoms with E-state index in [-0.39, 0.29) is 6.42 Å². The van der Waals surface area contributed by atoms with Gasteiger partial charge in [0, 0.05) is 0 Å². The maximum absolute atomic E-state index is 12.5. The molecule has 1 N–H and O–H groups in total. The Labute approximate surface area is 74.5 Å². The smallest absolute Gasteiger partial charge is 0.307 e. The third-order valence-corrected chi connectivity index (χ3v) is 1.32. The molecule has 0 saturated heterocycles. The predicted molar refractivity (Wildman–Crippen MR) is 45.5 cm³/mol. The van der Waals surface area contributed by atoms with Gasteiger partial charge in [-0.3, -0.25) is 4.79 Å². The highest BCUT2D eigenvalue weighted by Gasteiger charge is 1.93. The van der Waals surface area contributed by atoms with Gasteiger partial charge < -0.3 is 5.11 Å². The number of halogens is 1. The van der Waals surface area contributed by atoms with Gasteiger partial charge in [0.2, 0.25) is 5.95 Å². The predicted octanol–water partition coefficient (Wildman–Crippen LogP) is 1.71. The molecule has 0 unspecified atom stereocenters. The van der Waals surface area contributed by atoms with E-state index in [4.69, 9.17) is 5.11 Å². The van der Waals surface area contributed by atoms with Gasteiger partial charge in [0.05, 0.1) is 12.1 Å². The van der Waals surface area contributed by atoms with E-state index in [0.29, 0.717) is 5.69 Å². The Balaban J connectivity index is 2.63. The number of nitrogens with zero attached hydrogens (tertiary/aromatic N) is 1. The number of pyridine rings is 1. The molecule has 0 spiro atoms. The molecule has 0 fully saturated rings. The van der Waals surface area contributed by atoms with Crippen LogP contribution in [0.4, 0.5) is 4.39 Å². The van der Waals surface area contributed by atoms with Crippen molar-refractivity contribution >= 4 is 12.0 Å². The van der Waals surface area contributed by atoms with Gasteiger partial charge in [-0.15, -0.1) is 0 Å². The highest BCUT2D eigenvalue weighted by atomic mass is 19.1. The summed E-state index contributed by atoms with van der Waals surface area (Å²) >= 11 is 0. The Bertz CT molecular complexity index is 336. The summed E-state index contributed by atoms with van der Waals surface area (Å²) in [5, 5.41) is 8.30. The second-order valence-electron chi connectivity index (χ2n) is 2.39. The normalized spacial score (nSPS) is 10.5. The van der Waals surface area contributed by atoms with Crippen molar-refractivity contribution in [1.29, 1.82) is 0 Å². The minimum absolute atomic E-state index is 0.0851. The average molecular weight is 181 g/mol. The zero-order chi connectivity index (χ0) is 9.68. The van der Waals surface area contributed by atoms with Crippen molar-refractivity contribution in [1.82, 2.24) is 4.98 Å². The molecule has 0 aliphatic carbocycles. The summed E-state index contributed by atoms with van der Waals surface area (Å²) in [7, 11) is 0. The topological polar surface area (TPSA) is 50.2 Å². The molecule has 0 bridgehead atoms. The summed E-state index contributed by atoms with van der Waals surface area (Å²) in [6.45, 7) is 0. The van der Waals surface area contributed by atoms with Gasteiger partial charge in [-0.2, -0.15) is 4.39 Å². The molecular weight excluding hydrogens is 173 g/mol. The number of hydrogen-bond donors (Lipinski definition) is 1. The van der Waals surface area contributed by atoms with Crippen LogP contribution in [0.2, 0.25) is 0 Å². The zero-order valence-corrected chi connectivity index (χ0v) is 6.77. The third-order valence-electron chi connectivity index (χ3n) is 1.32. The van der Waals surface area contributed by atoms with Crippen molar-refractivity contribution < 1.29 is 14.3 Å². The van der Waals surface area contributed by atoms with Gasteiger partial charge in [-0.1, -0.05) is 12.1 Å². The van der Waals surface area contributed by atoms with Crippen LogP contribution in [0, 0.1) is 5.95 Å². The van der Waals surface area contributed by atoms with E-state index in [1.165, 1.54) is 24.3 Å². The SMILES string of the molecule is O=C(O)CC=Cc1cccc(F)n1. The molecule has 0 atom stereocenters. The first-order valence-corrected chi connectivity index (χ1v) is 3.69. The molecule has 0 amide bonds. The summed E-state index contributed by atoms with van der Waals surface area (Å²) in [6.07, 6.45) is 2.81. The first-order valence-electron chi connectivity index (χ1n) is 3.69. The lowest BCUT2D eigenvalue weighted by Crippen LogP contribution is -1.90. The number of aliphatic carboxylic acids is 1. The molecular formula is C9H8FNO2. The molecule has 1 heterocycles. The third kappa shape index (κ3) is 3.46. The summed E-state index contributed by atoms with van der Waals surface area (Å²) in [5.74, 6) is -1.50. The van der Waals surface area contributed by atoms with Gasteiger partial charge in [0.25, 0.3) is 0 Å². The monoisotopic (exact) mass is 181 g/mol. The first kappa shape index (κ1) is 9.38. The fourth-order valence-corrected chi connectivity index (χ4v) is 0.797. The van der Waals surface area contributed by atoms with E-state index in [1.807, 2.05) is 0 Å². The van der Waals surface area contributed by atoms with Crippen LogP contribution < -0.4 is 0 Å². The molecule has 1 aromatic heterocycles. The molecule has 68 valence electrons. The molecule has 13 heavy (non-hydrogen) atoms. The number of rotatable bonds is 3. The number of carboxylic acids is 1. The molecule has 3 nitrogen and oxygen atoms in total. The summed E-state index contributed by atoms with van der Waals surface area (Å²) in [6, 6.07) is 4.35. The van der Waals surface area contributed by atoms with E-state index in [0.717, 1.165) is 0 Å². The molecule has 0 aliphatic heterocycles. The van der Waals surface area contributed by atoms with Crippen LogP contribution in [-0.4, -0.2) is 16.1 Å². The number of carboxylic acid groups (broad SMARTS) is 1. The van der Waals surface area contributed by atoms with Crippen LogP contribution in [-0.2, 0) is 4.79 Å². The van der Waals surface area contributed by atoms with Gasteiger partial charge in [-0.25, -0.2) is 4.98 Å². The van der Waals surface area contributed by atoms with E-state index in [9.17, 15) is 9.18 Å². The highest BCUT2D eigenvalue weighted by molar-refractivity contribution is 5.70. The summed E-state index contributed by atoms with van der Waals surface area (Å²) < 4.78 is 12.5. The quantitative estimate of drug-likeness (QED) is 0.722. The fourth-order valence-electron chi connectivity index (χ4n) is 0.797. The number of carbonyl (C=O) groups is 1. The summed E-state index contributed by atoms with van der Waals surface area (Å²) in [4.78, 5) is 13.6. The second-order valence-corrected chi connectivity index (χ2v) is 2.39. The van der Waals surface area contributed by atoms with E-state index in [1.54, 1.807) is 6.07 Å². The fraction of sp³-hybridized carbons (Fsp3) is 0.111. The standard InChI is InChI=1S/C9H8FNO2/c10-8-5-1-3-7(11-8)4-2-6-9(12)13/h1-5H,6H2,(H,12,13). The van der Waals surface area contributed by atoms with Crippen molar-refractivity contribution in [3.8, 4) is 0 Å². The second kappa shape index (κ2) is 4.35. The summed E-state index contributed by atoms with van der Waals surface area (Å²) in [5.41, 5.74) is 0.418. The Morgan fingerprint density at radius 1 is 1.62 bits per heavy atom. The highest BCUT2D eigenvalue weighted by Crippen LogP contribution is 2.00.